The molecule has 4 N–H and O–H groups in total. The van der Waals surface area contributed by atoms with Gasteiger partial charge in [0.25, 0.3) is 11.5 Å². The first kappa shape index (κ1) is 13.4. The van der Waals surface area contributed by atoms with Gasteiger partial charge in [-0.2, -0.15) is 0 Å². The molecule has 1 aromatic carbocycles. The average Bonchev–Trinajstić information content (AvgIpc) is 2.43. The van der Waals surface area contributed by atoms with Crippen LogP contribution < -0.4 is 21.2 Å². The molecule has 0 bridgehead atoms. The average molecular weight is 262 g/mol. The molecular weight excluding hydrogens is 244 g/mol. The molecule has 0 aliphatic heterocycles. The minimum atomic E-state index is 0.222. The summed E-state index contributed by atoms with van der Waals surface area (Å²) < 4.78 is 0. The fourth-order valence-electron chi connectivity index (χ4n) is 1.84. The number of hydrogen-bond donors (Lipinski definition) is 3. The van der Waals surface area contributed by atoms with Gasteiger partial charge in [-0.1, -0.05) is 12.1 Å². The maximum absolute atomic E-state index is 11.7. The molecule has 0 radical (unpaired) electrons. The van der Waals surface area contributed by atoms with Crippen LogP contribution in [0.5, 0.6) is 0 Å². The quantitative estimate of drug-likeness (QED) is 0.484. The Morgan fingerprint density at radius 2 is 2.21 bits per heavy atom. The molecule has 0 spiro atoms. The Kier molecular flexibility index (Phi) is 4.43. The molecule has 1 heterocycles. The molecule has 1 aromatic heterocycles. The van der Waals surface area contributed by atoms with Crippen molar-refractivity contribution in [3.63, 3.8) is 0 Å². The number of hydrogen-bond acceptors (Lipinski definition) is 6. The van der Waals surface area contributed by atoms with Gasteiger partial charge in [0.15, 0.2) is 0 Å². The van der Waals surface area contributed by atoms with Gasteiger partial charge in [-0.15, -0.1) is 0 Å². The number of nitrogens with one attached hydrogen (secondary N) is 2. The minimum absolute atomic E-state index is 0.222. The second kappa shape index (κ2) is 6.26. The van der Waals surface area contributed by atoms with Gasteiger partial charge in [0.2, 0.25) is 0 Å². The molecule has 7 nitrogen and oxygen atoms in total. The van der Waals surface area contributed by atoms with E-state index in [4.69, 9.17) is 5.73 Å². The number of anilines is 1. The third kappa shape index (κ3) is 3.27. The Morgan fingerprint density at radius 3 is 2.95 bits per heavy atom. The Bertz CT molecular complexity index is 547. The van der Waals surface area contributed by atoms with Crippen molar-refractivity contribution in [3.05, 3.63) is 29.5 Å². The molecule has 102 valence electrons. The first-order valence-corrected chi connectivity index (χ1v) is 6.22. The monoisotopic (exact) mass is 262 g/mol. The summed E-state index contributed by atoms with van der Waals surface area (Å²) in [5.41, 5.74) is 6.60. The van der Waals surface area contributed by atoms with Gasteiger partial charge in [-0.25, -0.2) is 4.98 Å². The summed E-state index contributed by atoms with van der Waals surface area (Å²) in [5, 5.41) is 21.8. The molecule has 2 rings (SSSR count). The van der Waals surface area contributed by atoms with Crippen molar-refractivity contribution in [2.45, 2.75) is 12.5 Å². The molecule has 2 aromatic rings. The lowest BCUT2D eigenvalue weighted by molar-refractivity contribution is -0.641. The second-order valence-electron chi connectivity index (χ2n) is 4.24. The van der Waals surface area contributed by atoms with Crippen LogP contribution in [0.2, 0.25) is 0 Å². The van der Waals surface area contributed by atoms with Gasteiger partial charge in [-0.05, 0) is 30.9 Å². The highest BCUT2D eigenvalue weighted by Crippen LogP contribution is 2.07. The topological polar surface area (TPSA) is 103 Å². The number of para-hydroxylation sites is 2. The summed E-state index contributed by atoms with van der Waals surface area (Å²) >= 11 is 0. The van der Waals surface area contributed by atoms with Gasteiger partial charge in [0, 0.05) is 18.7 Å². The smallest absolute Gasteiger partial charge is 0.290 e. The predicted molar refractivity (Wildman–Crippen MR) is 73.5 cm³/mol. The van der Waals surface area contributed by atoms with E-state index in [1.807, 2.05) is 13.1 Å². The van der Waals surface area contributed by atoms with E-state index in [9.17, 15) is 5.21 Å². The van der Waals surface area contributed by atoms with Crippen LogP contribution >= 0.6 is 0 Å². The van der Waals surface area contributed by atoms with E-state index in [1.54, 1.807) is 18.2 Å². The molecule has 0 aliphatic carbocycles. The summed E-state index contributed by atoms with van der Waals surface area (Å²) in [4.78, 5) is 4.89. The zero-order chi connectivity index (χ0) is 13.7. The Hall–Kier alpha value is -1.99. The molecule has 19 heavy (non-hydrogen) atoms. The van der Waals surface area contributed by atoms with E-state index in [-0.39, 0.29) is 6.04 Å². The zero-order valence-electron chi connectivity index (χ0n) is 10.8. The largest absolute Gasteiger partial charge is 0.594 e. The van der Waals surface area contributed by atoms with Gasteiger partial charge >= 0.3 is 0 Å². The van der Waals surface area contributed by atoms with Crippen molar-refractivity contribution in [2.75, 3.05) is 25.5 Å². The molecule has 0 saturated carbocycles. The lowest BCUT2D eigenvalue weighted by atomic mass is 10.2. The molecular formula is C12H18N6O. The normalized spacial score (nSPS) is 12.5. The molecule has 7 heteroatoms. The molecule has 0 amide bonds. The zero-order valence-corrected chi connectivity index (χ0v) is 10.8. The third-order valence-corrected chi connectivity index (χ3v) is 2.93. The van der Waals surface area contributed by atoms with E-state index in [0.29, 0.717) is 34.9 Å². The van der Waals surface area contributed by atoms with Crippen LogP contribution in [-0.2, 0) is 0 Å². The van der Waals surface area contributed by atoms with Gasteiger partial charge in [0.05, 0.1) is 5.10 Å². The van der Waals surface area contributed by atoms with Crippen LogP contribution in [0, 0.1) is 5.21 Å². The molecule has 0 fully saturated rings. The van der Waals surface area contributed by atoms with Gasteiger partial charge in [0.1, 0.15) is 5.52 Å². The fourth-order valence-corrected chi connectivity index (χ4v) is 1.84. The third-order valence-electron chi connectivity index (χ3n) is 2.93. The summed E-state index contributed by atoms with van der Waals surface area (Å²) in [6, 6.07) is 7.32. The number of benzene rings is 1. The maximum Gasteiger partial charge on any atom is 0.290 e. The molecule has 1 unspecified atom stereocenters. The standard InChI is InChI=1S/C12H18N6O/c1-14-9(6-7-13)8-15-12-16-10-4-2-3-5-11(10)18(19)17-12/h2-5,9,14H,6-8,13H2,1H3,(H,15,16,17). The number of nitrogens with zero attached hydrogens (tertiary/aromatic N) is 3. The number of fused-ring (bicyclic) bond motifs is 1. The van der Waals surface area contributed by atoms with E-state index in [1.165, 1.54) is 0 Å². The highest BCUT2D eigenvalue weighted by atomic mass is 16.5. The van der Waals surface area contributed by atoms with Gasteiger partial charge < -0.3 is 21.6 Å². The lowest BCUT2D eigenvalue weighted by Gasteiger charge is -2.15. The number of likely N-dealkylation sites (N-methyl/N-ethyl adjacent to an activating group) is 1. The first-order chi connectivity index (χ1) is 9.24. The highest BCUT2D eigenvalue weighted by Gasteiger charge is 2.11. The predicted octanol–water partition coefficient (Wildman–Crippen LogP) is -0.388. The van der Waals surface area contributed by atoms with E-state index < -0.39 is 0 Å². The van der Waals surface area contributed by atoms with Crippen molar-refractivity contribution >= 4 is 17.0 Å². The minimum Gasteiger partial charge on any atom is -0.594 e. The molecule has 0 aliphatic rings. The first-order valence-electron chi connectivity index (χ1n) is 6.22. The number of aromatic nitrogens is 3. The van der Waals surface area contributed by atoms with Crippen molar-refractivity contribution < 1.29 is 4.85 Å². The van der Waals surface area contributed by atoms with Crippen molar-refractivity contribution in [1.82, 2.24) is 15.4 Å². The van der Waals surface area contributed by atoms with Crippen molar-refractivity contribution in [2.24, 2.45) is 5.73 Å². The van der Waals surface area contributed by atoms with E-state index >= 15 is 0 Å². The van der Waals surface area contributed by atoms with Crippen LogP contribution in [0.25, 0.3) is 11.0 Å². The number of nitrogens with two attached hydrogens (primary N) is 1. The van der Waals surface area contributed by atoms with Crippen molar-refractivity contribution in [1.29, 1.82) is 0 Å². The van der Waals surface area contributed by atoms with E-state index in [0.717, 1.165) is 6.42 Å². The van der Waals surface area contributed by atoms with Crippen LogP contribution in [0.3, 0.4) is 0 Å². The summed E-state index contributed by atoms with van der Waals surface area (Å²) in [6.45, 7) is 1.22. The van der Waals surface area contributed by atoms with Crippen LogP contribution in [0.1, 0.15) is 6.42 Å². The van der Waals surface area contributed by atoms with Crippen LogP contribution in [-0.4, -0.2) is 36.3 Å². The maximum atomic E-state index is 11.7. The summed E-state index contributed by atoms with van der Waals surface area (Å²) in [7, 11) is 1.87. The molecule has 1 atom stereocenters. The SMILES string of the molecule is CNC(CCN)CNc1nc2ccccc2[n+]([O-])n1. The van der Waals surface area contributed by atoms with Crippen molar-refractivity contribution in [3.8, 4) is 0 Å². The lowest BCUT2D eigenvalue weighted by Crippen LogP contribution is -2.37. The van der Waals surface area contributed by atoms with E-state index in [2.05, 4.69) is 20.7 Å². The number of rotatable bonds is 6. The van der Waals surface area contributed by atoms with Crippen LogP contribution in [0.4, 0.5) is 5.95 Å². The molecule has 0 saturated heterocycles. The highest BCUT2D eigenvalue weighted by molar-refractivity contribution is 5.71. The summed E-state index contributed by atoms with van der Waals surface area (Å²) in [6.07, 6.45) is 0.842. The summed E-state index contributed by atoms with van der Waals surface area (Å²) in [5.74, 6) is 0.325. The Morgan fingerprint density at radius 1 is 1.42 bits per heavy atom. The van der Waals surface area contributed by atoms with Gasteiger partial charge in [-0.3, -0.25) is 0 Å². The van der Waals surface area contributed by atoms with Crippen LogP contribution in [0.15, 0.2) is 24.3 Å². The Balaban J connectivity index is 2.13. The fraction of sp³-hybridized carbons (Fsp3) is 0.417. The second-order valence-corrected chi connectivity index (χ2v) is 4.24. The Labute approximate surface area is 111 Å².